The molecule has 1 aliphatic rings. The summed E-state index contributed by atoms with van der Waals surface area (Å²) >= 11 is 0. The molecule has 0 unspecified atom stereocenters. The SMILES string of the molecule is CCOC(=O)c1ncnc(N2COc3ccc(C(F)(F)F)cc3C2)c1C. The molecule has 0 aliphatic carbocycles. The third kappa shape index (κ3) is 3.42. The second-order valence-corrected chi connectivity index (χ2v) is 5.68. The summed E-state index contributed by atoms with van der Waals surface area (Å²) in [6.45, 7) is 3.81. The first kappa shape index (κ1) is 18.0. The average molecular weight is 367 g/mol. The first-order valence-electron chi connectivity index (χ1n) is 7.88. The Balaban J connectivity index is 1.91. The molecule has 2 heterocycles. The zero-order valence-corrected chi connectivity index (χ0v) is 14.1. The van der Waals surface area contributed by atoms with Gasteiger partial charge in [-0.15, -0.1) is 0 Å². The van der Waals surface area contributed by atoms with Crippen LogP contribution < -0.4 is 9.64 Å². The van der Waals surface area contributed by atoms with Crippen LogP contribution in [0.5, 0.6) is 5.75 Å². The molecule has 1 aliphatic heterocycles. The molecule has 9 heteroatoms. The summed E-state index contributed by atoms with van der Waals surface area (Å²) in [7, 11) is 0. The van der Waals surface area contributed by atoms with Gasteiger partial charge in [0.2, 0.25) is 0 Å². The molecule has 0 spiro atoms. The summed E-state index contributed by atoms with van der Waals surface area (Å²) in [4.78, 5) is 21.7. The maximum absolute atomic E-state index is 12.9. The summed E-state index contributed by atoms with van der Waals surface area (Å²) in [6, 6.07) is 3.36. The number of hydrogen-bond acceptors (Lipinski definition) is 6. The fraction of sp³-hybridized carbons (Fsp3) is 0.353. The molecule has 3 rings (SSSR count). The molecule has 26 heavy (non-hydrogen) atoms. The van der Waals surface area contributed by atoms with E-state index < -0.39 is 17.7 Å². The number of carbonyl (C=O) groups excluding carboxylic acids is 1. The molecule has 0 radical (unpaired) electrons. The molecule has 6 nitrogen and oxygen atoms in total. The number of rotatable bonds is 3. The molecule has 1 aromatic carbocycles. The van der Waals surface area contributed by atoms with E-state index in [4.69, 9.17) is 9.47 Å². The molecule has 0 saturated heterocycles. The maximum Gasteiger partial charge on any atom is 0.416 e. The summed E-state index contributed by atoms with van der Waals surface area (Å²) < 4.78 is 49.3. The van der Waals surface area contributed by atoms with Crippen LogP contribution in [0.15, 0.2) is 24.5 Å². The van der Waals surface area contributed by atoms with Crippen LogP contribution in [0.1, 0.15) is 34.1 Å². The fourth-order valence-electron chi connectivity index (χ4n) is 2.72. The van der Waals surface area contributed by atoms with Crippen LogP contribution in [-0.2, 0) is 17.5 Å². The molecule has 138 valence electrons. The van der Waals surface area contributed by atoms with E-state index in [1.54, 1.807) is 18.7 Å². The van der Waals surface area contributed by atoms with Crippen molar-refractivity contribution >= 4 is 11.8 Å². The number of halogens is 3. The van der Waals surface area contributed by atoms with Crippen molar-refractivity contribution in [1.82, 2.24) is 9.97 Å². The number of esters is 1. The minimum Gasteiger partial charge on any atom is -0.473 e. The van der Waals surface area contributed by atoms with Crippen LogP contribution in [0.25, 0.3) is 0 Å². The van der Waals surface area contributed by atoms with Gasteiger partial charge in [0, 0.05) is 11.1 Å². The predicted molar refractivity (Wildman–Crippen MR) is 85.8 cm³/mol. The summed E-state index contributed by atoms with van der Waals surface area (Å²) in [6.07, 6.45) is -3.21. The van der Waals surface area contributed by atoms with Crippen LogP contribution in [0.2, 0.25) is 0 Å². The van der Waals surface area contributed by atoms with Gasteiger partial charge in [-0.3, -0.25) is 0 Å². The van der Waals surface area contributed by atoms with Gasteiger partial charge in [-0.1, -0.05) is 0 Å². The highest BCUT2D eigenvalue weighted by atomic mass is 19.4. The second kappa shape index (κ2) is 6.81. The van der Waals surface area contributed by atoms with Crippen LogP contribution in [-0.4, -0.2) is 29.3 Å². The lowest BCUT2D eigenvalue weighted by Crippen LogP contribution is -2.33. The van der Waals surface area contributed by atoms with Crippen molar-refractivity contribution in [3.8, 4) is 5.75 Å². The van der Waals surface area contributed by atoms with Gasteiger partial charge in [0.05, 0.1) is 18.7 Å². The highest BCUT2D eigenvalue weighted by Crippen LogP contribution is 2.35. The lowest BCUT2D eigenvalue weighted by Gasteiger charge is -2.31. The number of aromatic nitrogens is 2. The normalized spacial score (nSPS) is 13.8. The van der Waals surface area contributed by atoms with Gasteiger partial charge in [-0.05, 0) is 32.0 Å². The van der Waals surface area contributed by atoms with Crippen molar-refractivity contribution in [2.45, 2.75) is 26.6 Å². The van der Waals surface area contributed by atoms with Crippen molar-refractivity contribution in [3.63, 3.8) is 0 Å². The zero-order valence-electron chi connectivity index (χ0n) is 14.1. The standard InChI is InChI=1S/C17H16F3N3O3/c1-3-25-16(24)14-10(2)15(22-8-21-14)23-7-11-6-12(17(18,19)20)4-5-13(11)26-9-23/h4-6,8H,3,7,9H2,1-2H3. The Labute approximate surface area is 147 Å². The minimum atomic E-state index is -4.43. The highest BCUT2D eigenvalue weighted by molar-refractivity contribution is 5.90. The first-order chi connectivity index (χ1) is 12.3. The van der Waals surface area contributed by atoms with Crippen molar-refractivity contribution < 1.29 is 27.4 Å². The van der Waals surface area contributed by atoms with Crippen molar-refractivity contribution in [2.24, 2.45) is 0 Å². The van der Waals surface area contributed by atoms with Gasteiger partial charge >= 0.3 is 12.1 Å². The summed E-state index contributed by atoms with van der Waals surface area (Å²) in [5.74, 6) is 0.226. The highest BCUT2D eigenvalue weighted by Gasteiger charge is 2.32. The second-order valence-electron chi connectivity index (χ2n) is 5.68. The Morgan fingerprint density at radius 1 is 1.35 bits per heavy atom. The van der Waals surface area contributed by atoms with Crippen molar-refractivity contribution in [1.29, 1.82) is 0 Å². The Morgan fingerprint density at radius 2 is 2.12 bits per heavy atom. The Morgan fingerprint density at radius 3 is 2.81 bits per heavy atom. The molecular weight excluding hydrogens is 351 g/mol. The smallest absolute Gasteiger partial charge is 0.416 e. The largest absolute Gasteiger partial charge is 0.473 e. The maximum atomic E-state index is 12.9. The summed E-state index contributed by atoms with van der Waals surface area (Å²) in [5.41, 5.74) is 0.242. The Kier molecular flexibility index (Phi) is 4.71. The number of alkyl halides is 3. The third-order valence-corrected chi connectivity index (χ3v) is 3.95. The van der Waals surface area contributed by atoms with E-state index in [0.29, 0.717) is 22.7 Å². The third-order valence-electron chi connectivity index (χ3n) is 3.95. The quantitative estimate of drug-likeness (QED) is 0.776. The van der Waals surface area contributed by atoms with Crippen molar-refractivity contribution in [2.75, 3.05) is 18.2 Å². The van der Waals surface area contributed by atoms with E-state index in [-0.39, 0.29) is 25.6 Å². The van der Waals surface area contributed by atoms with Gasteiger partial charge < -0.3 is 14.4 Å². The van der Waals surface area contributed by atoms with Crippen LogP contribution in [0.3, 0.4) is 0 Å². The number of nitrogens with zero attached hydrogens (tertiary/aromatic N) is 3. The van der Waals surface area contributed by atoms with E-state index in [2.05, 4.69) is 9.97 Å². The van der Waals surface area contributed by atoms with Gasteiger partial charge in [-0.25, -0.2) is 14.8 Å². The topological polar surface area (TPSA) is 64.5 Å². The minimum absolute atomic E-state index is 0.0957. The van der Waals surface area contributed by atoms with E-state index in [1.807, 2.05) is 0 Å². The molecule has 0 N–H and O–H groups in total. The monoisotopic (exact) mass is 367 g/mol. The van der Waals surface area contributed by atoms with Gasteiger partial charge in [0.25, 0.3) is 0 Å². The van der Waals surface area contributed by atoms with E-state index in [9.17, 15) is 18.0 Å². The van der Waals surface area contributed by atoms with E-state index in [0.717, 1.165) is 12.1 Å². The number of anilines is 1. The van der Waals surface area contributed by atoms with E-state index in [1.165, 1.54) is 12.4 Å². The average Bonchev–Trinajstić information content (AvgIpc) is 2.60. The number of hydrogen-bond donors (Lipinski definition) is 0. The molecule has 0 fully saturated rings. The molecule has 0 atom stereocenters. The first-order valence-corrected chi connectivity index (χ1v) is 7.88. The lowest BCUT2D eigenvalue weighted by molar-refractivity contribution is -0.137. The number of benzene rings is 1. The molecular formula is C17H16F3N3O3. The molecule has 0 amide bonds. The van der Waals surface area contributed by atoms with Gasteiger partial charge in [0.15, 0.2) is 12.4 Å². The number of fused-ring (bicyclic) bond motifs is 1. The van der Waals surface area contributed by atoms with Gasteiger partial charge in [0.1, 0.15) is 17.9 Å². The molecule has 2 aromatic rings. The molecule has 0 bridgehead atoms. The van der Waals surface area contributed by atoms with Crippen LogP contribution >= 0.6 is 0 Å². The fourth-order valence-corrected chi connectivity index (χ4v) is 2.72. The predicted octanol–water partition coefficient (Wildman–Crippen LogP) is 3.34. The van der Waals surface area contributed by atoms with Crippen LogP contribution in [0.4, 0.5) is 19.0 Å². The number of carbonyl (C=O) groups is 1. The van der Waals surface area contributed by atoms with Crippen molar-refractivity contribution in [3.05, 3.63) is 46.9 Å². The Bertz CT molecular complexity index is 840. The summed E-state index contributed by atoms with van der Waals surface area (Å²) in [5, 5.41) is 0. The Hall–Kier alpha value is -2.84. The number of ether oxygens (including phenoxy) is 2. The van der Waals surface area contributed by atoms with Gasteiger partial charge in [-0.2, -0.15) is 13.2 Å². The van der Waals surface area contributed by atoms with E-state index >= 15 is 0 Å². The molecule has 1 aromatic heterocycles. The molecule has 0 saturated carbocycles. The van der Waals surface area contributed by atoms with Crippen LogP contribution in [0, 0.1) is 6.92 Å². The lowest BCUT2D eigenvalue weighted by atomic mass is 10.1. The zero-order chi connectivity index (χ0) is 18.9.